The van der Waals surface area contributed by atoms with Crippen LogP contribution in [0.1, 0.15) is 40.2 Å². The molecule has 1 aliphatic carbocycles. The Hall–Kier alpha value is -15.6. The Labute approximate surface area is 733 Å². The molecule has 1 aliphatic rings. The zero-order valence-corrected chi connectivity index (χ0v) is 70.3. The van der Waals surface area contributed by atoms with Gasteiger partial charge < -0.3 is 24.2 Å². The molecule has 0 fully saturated rings. The van der Waals surface area contributed by atoms with Crippen molar-refractivity contribution in [3.05, 3.63) is 495 Å². The van der Waals surface area contributed by atoms with Crippen LogP contribution in [-0.4, -0.2) is 10.6 Å². The van der Waals surface area contributed by atoms with E-state index in [1.54, 1.807) is 0 Å². The quantitative estimate of drug-likeness (QED) is 0.0708. The summed E-state index contributed by atoms with van der Waals surface area (Å²) in [5, 5.41) is 9.92. The Kier molecular flexibility index (Phi) is 19.8. The van der Waals surface area contributed by atoms with Gasteiger partial charge >= 0.3 is 0 Å². The van der Waals surface area contributed by atoms with Crippen molar-refractivity contribution in [3.63, 3.8) is 0 Å². The van der Waals surface area contributed by atoms with Crippen LogP contribution < -0.4 is 19.6 Å². The number of nitrogens with zero attached hydrogens (tertiary/aromatic N) is 5. The molecule has 6 heteroatoms. The lowest BCUT2D eigenvalue weighted by atomic mass is 9.85. The fraction of sp³-hybridized carbons (Fsp3) is 0.0420. The Morgan fingerprint density at radius 3 is 1.13 bits per heavy atom. The van der Waals surface area contributed by atoms with Gasteiger partial charge in [-0.2, -0.15) is 0 Å². The van der Waals surface area contributed by atoms with Crippen LogP contribution in [0, 0.1) is 13.8 Å². The van der Waals surface area contributed by atoms with E-state index in [-0.39, 0.29) is 12.0 Å². The van der Waals surface area contributed by atoms with Gasteiger partial charge in [0.15, 0.2) is 0 Å². The smallest absolute Gasteiger partial charge is 0.0560 e. The maximum atomic E-state index is 2.58. The van der Waals surface area contributed by atoms with Gasteiger partial charge in [-0.25, -0.2) is 0 Å². The van der Waals surface area contributed by atoms with E-state index in [1.807, 2.05) is 11.3 Å². The summed E-state index contributed by atoms with van der Waals surface area (Å²) in [6.07, 6.45) is 9.94. The molecule has 0 bridgehead atoms. The summed E-state index contributed by atoms with van der Waals surface area (Å²) in [5.41, 5.74) is 31.2. The van der Waals surface area contributed by atoms with Gasteiger partial charge in [0, 0.05) is 110 Å². The molecule has 2 aromatic heterocycles. The zero-order chi connectivity index (χ0) is 83.3. The Morgan fingerprint density at radius 2 is 0.640 bits per heavy atom. The summed E-state index contributed by atoms with van der Waals surface area (Å²) in [6.45, 7) is 4.62. The highest BCUT2D eigenvalue weighted by atomic mass is 32.1. The van der Waals surface area contributed by atoms with Crippen LogP contribution in [0.4, 0.5) is 62.6 Å². The average molecular weight is 1620 g/mol. The second-order valence-corrected chi connectivity index (χ2v) is 33.7. The van der Waals surface area contributed by atoms with Crippen molar-refractivity contribution in [1.82, 2.24) is 4.57 Å². The molecule has 0 N–H and O–H groups in total. The number of rotatable bonds is 20. The lowest BCUT2D eigenvalue weighted by Gasteiger charge is -2.35. The summed E-state index contributed by atoms with van der Waals surface area (Å²) >= 11 is 1.87. The molecule has 0 saturated heterocycles. The van der Waals surface area contributed by atoms with Crippen molar-refractivity contribution >= 4 is 137 Å². The molecule has 22 rings (SSSR count). The molecule has 0 radical (unpaired) electrons. The number of benzene rings is 19. The lowest BCUT2D eigenvalue weighted by molar-refractivity contribution is 0.786. The second kappa shape index (κ2) is 32.7. The Morgan fingerprint density at radius 1 is 0.280 bits per heavy atom. The molecular weight excluding hydrogens is 1530 g/mol. The molecule has 0 amide bonds. The maximum Gasteiger partial charge on any atom is 0.0560 e. The molecule has 1 atom stereocenters. The van der Waals surface area contributed by atoms with Crippen LogP contribution >= 0.6 is 11.3 Å². The van der Waals surface area contributed by atoms with E-state index in [1.165, 1.54) is 119 Å². The number of hydrogen-bond donors (Lipinski definition) is 0. The van der Waals surface area contributed by atoms with Gasteiger partial charge in [0.05, 0.1) is 22.8 Å². The molecule has 0 spiro atoms. The normalized spacial score (nSPS) is 12.6. The van der Waals surface area contributed by atoms with E-state index in [4.69, 9.17) is 0 Å². The lowest BCUT2D eigenvalue weighted by Crippen LogP contribution is -2.30. The fourth-order valence-corrected chi connectivity index (χ4v) is 20.6. The summed E-state index contributed by atoms with van der Waals surface area (Å²) < 4.78 is 4.99. The minimum absolute atomic E-state index is 0.101. The van der Waals surface area contributed by atoms with Gasteiger partial charge in [-0.05, 0) is 255 Å². The second-order valence-electron chi connectivity index (χ2n) is 32.7. The highest BCUT2D eigenvalue weighted by Crippen LogP contribution is 2.51. The predicted molar refractivity (Wildman–Crippen MR) is 533 cm³/mol. The fourth-order valence-electron chi connectivity index (χ4n) is 19.4. The number of anilines is 11. The van der Waals surface area contributed by atoms with Crippen LogP contribution in [0.15, 0.2) is 467 Å². The largest absolute Gasteiger partial charge is 0.334 e. The monoisotopic (exact) mass is 1620 g/mol. The van der Waals surface area contributed by atoms with E-state index < -0.39 is 0 Å². The third kappa shape index (κ3) is 14.1. The van der Waals surface area contributed by atoms with Gasteiger partial charge in [0.1, 0.15) is 0 Å². The molecule has 2 heterocycles. The molecule has 0 aliphatic heterocycles. The maximum absolute atomic E-state index is 2.58. The number of para-hydroxylation sites is 4. The molecule has 1 unspecified atom stereocenters. The molecule has 0 saturated carbocycles. The van der Waals surface area contributed by atoms with Crippen LogP contribution in [0.25, 0.3) is 114 Å². The molecule has 5 nitrogen and oxygen atoms in total. The first-order valence-corrected chi connectivity index (χ1v) is 44.1. The minimum Gasteiger partial charge on any atom is -0.334 e. The van der Waals surface area contributed by atoms with Crippen LogP contribution in [0.2, 0.25) is 0 Å². The van der Waals surface area contributed by atoms with Gasteiger partial charge in [-0.3, -0.25) is 0 Å². The number of allylic oxidation sites excluding steroid dienone is 2. The Balaban J connectivity index is 0.572. The number of thiophene rings is 1. The summed E-state index contributed by atoms with van der Waals surface area (Å²) in [5.74, 6) is 0.101. The molecule has 594 valence electrons. The van der Waals surface area contributed by atoms with Crippen molar-refractivity contribution in [2.45, 2.75) is 32.2 Å². The number of aryl methyl sites for hydroxylation is 2. The van der Waals surface area contributed by atoms with Crippen molar-refractivity contribution in [2.24, 2.45) is 0 Å². The first-order chi connectivity index (χ1) is 61.8. The first-order valence-electron chi connectivity index (χ1n) is 43.2. The first kappa shape index (κ1) is 75.6. The van der Waals surface area contributed by atoms with E-state index in [0.717, 1.165) is 91.2 Å². The van der Waals surface area contributed by atoms with Crippen molar-refractivity contribution in [3.8, 4) is 50.2 Å². The van der Waals surface area contributed by atoms with Crippen LogP contribution in [-0.2, 0) is 0 Å². The van der Waals surface area contributed by atoms with Gasteiger partial charge in [-0.1, -0.05) is 315 Å². The number of aromatic nitrogens is 1. The van der Waals surface area contributed by atoms with Crippen LogP contribution in [0.5, 0.6) is 0 Å². The zero-order valence-electron chi connectivity index (χ0n) is 69.5. The molecular formula is C119H87N5S. The highest BCUT2D eigenvalue weighted by Gasteiger charge is 2.29. The molecule has 21 aromatic rings. The summed E-state index contributed by atoms with van der Waals surface area (Å²) in [4.78, 5) is 9.76. The predicted octanol–water partition coefficient (Wildman–Crippen LogP) is 33.4. The number of fused-ring (bicyclic) bond motifs is 8. The van der Waals surface area contributed by atoms with E-state index in [9.17, 15) is 0 Å². The average Bonchev–Trinajstić information content (AvgIpc) is 1.48. The topological polar surface area (TPSA) is 17.9 Å². The third-order valence-corrected chi connectivity index (χ3v) is 26.5. The van der Waals surface area contributed by atoms with Gasteiger partial charge in [0.2, 0.25) is 0 Å². The van der Waals surface area contributed by atoms with Gasteiger partial charge in [0.25, 0.3) is 0 Å². The molecule has 125 heavy (non-hydrogen) atoms. The third-order valence-electron chi connectivity index (χ3n) is 25.2. The molecule has 19 aromatic carbocycles. The van der Waals surface area contributed by atoms with E-state index in [0.29, 0.717) is 0 Å². The van der Waals surface area contributed by atoms with Crippen molar-refractivity contribution < 1.29 is 0 Å². The van der Waals surface area contributed by atoms with Crippen molar-refractivity contribution in [2.75, 3.05) is 19.6 Å². The summed E-state index contributed by atoms with van der Waals surface area (Å²) in [7, 11) is 0. The van der Waals surface area contributed by atoms with Crippen LogP contribution in [0.3, 0.4) is 0 Å². The van der Waals surface area contributed by atoms with E-state index >= 15 is 0 Å². The van der Waals surface area contributed by atoms with Gasteiger partial charge in [-0.15, -0.1) is 11.3 Å². The summed E-state index contributed by atoms with van der Waals surface area (Å²) in [6, 6.07) is 163. The number of hydrogen-bond acceptors (Lipinski definition) is 5. The Bertz CT molecular complexity index is 7500. The minimum atomic E-state index is 0.101. The highest BCUT2D eigenvalue weighted by molar-refractivity contribution is 7.26. The standard InChI is InChI=1S/C119H87N5S/c1-81-79-113(122(92-35-14-6-15-36-92)99-73-61-90(62-74-99)118(88-29-8-3-9-30-88)89-31-10-4-11-32-89)105-41-18-20-44-108(105)116(81)117-82(2)80-114(106-42-19-21-45-109(106)117)123(93-37-16-7-17-38-93)100-77-75-98(76-78-100)120(91-33-12-5-13-34-91)94-63-51-83(52-64-94)84-53-65-95(66-54-84)121(97-71-59-87(60-72-97)102-46-28-47-110-107-43-24-27-50-115(107)125-119(102)110)96-67-55-85(56-68-96)86-57-69-101(70-58-86)124-111-48-25-22-39-103(111)104-40-23-26-49-112(104)124/h3-35,37-80,92,118H,36H2,1-2H3. The van der Waals surface area contributed by atoms with Crippen molar-refractivity contribution in [1.29, 1.82) is 0 Å². The SMILES string of the molecule is Cc1cc(N(c2ccccc2)c2ccc(N(c3ccccc3)c3ccc(-c4ccc(N(c5ccc(-c6ccc(-n7c8ccccc8c8ccccc87)cc6)cc5)c5ccc(-c6cccc7c6sc6ccccc67)cc5)cc4)cc3)cc2)c2ccccc2c1-c1c(C)cc(N(c2ccc(C(c3ccccc3)c3ccccc3)cc2)C2C=CC=CC2)c2ccccc12. The van der Waals surface area contributed by atoms with E-state index in [2.05, 4.69) is 505 Å².